The molecule has 2 heteroatoms. The molecule has 1 aliphatic heterocycles. The number of unbranched alkanes of at least 4 members (excludes halogenated alkanes) is 3. The number of piperidine rings is 1. The van der Waals surface area contributed by atoms with E-state index in [1.54, 1.807) is 0 Å². The van der Waals surface area contributed by atoms with Gasteiger partial charge in [0.25, 0.3) is 0 Å². The molecule has 0 aromatic rings. The minimum absolute atomic E-state index is 0.474. The zero-order valence-electron chi connectivity index (χ0n) is 11.3. The molecule has 1 saturated heterocycles. The minimum Gasteiger partial charge on any atom is -0.328 e. The van der Waals surface area contributed by atoms with Gasteiger partial charge in [-0.2, -0.15) is 0 Å². The molecular formula is C14H30N2. The first kappa shape index (κ1) is 14.0. The third-order valence-corrected chi connectivity index (χ3v) is 3.64. The molecule has 0 aliphatic carbocycles. The molecule has 1 heterocycles. The van der Waals surface area contributed by atoms with E-state index >= 15 is 0 Å². The maximum absolute atomic E-state index is 5.89. The molecule has 0 atom stereocenters. The Kier molecular flexibility index (Phi) is 7.06. The lowest BCUT2D eigenvalue weighted by molar-refractivity contribution is 0.209. The van der Waals surface area contributed by atoms with Crippen LogP contribution in [-0.4, -0.2) is 30.6 Å². The van der Waals surface area contributed by atoms with Gasteiger partial charge in [-0.25, -0.2) is 0 Å². The van der Waals surface area contributed by atoms with Crippen molar-refractivity contribution in [1.29, 1.82) is 0 Å². The highest BCUT2D eigenvalue weighted by Crippen LogP contribution is 2.12. The largest absolute Gasteiger partial charge is 0.328 e. The summed E-state index contributed by atoms with van der Waals surface area (Å²) in [4.78, 5) is 2.59. The van der Waals surface area contributed by atoms with Crippen LogP contribution in [0.3, 0.4) is 0 Å². The Morgan fingerprint density at radius 2 is 1.69 bits per heavy atom. The normalized spacial score (nSPS) is 19.5. The van der Waals surface area contributed by atoms with Crippen LogP contribution in [0.25, 0.3) is 0 Å². The Hall–Kier alpha value is -0.0800. The van der Waals surface area contributed by atoms with E-state index in [0.29, 0.717) is 6.04 Å². The third-order valence-electron chi connectivity index (χ3n) is 3.64. The van der Waals surface area contributed by atoms with Crippen molar-refractivity contribution in [2.24, 2.45) is 11.7 Å². The van der Waals surface area contributed by atoms with Crippen molar-refractivity contribution in [3.8, 4) is 0 Å². The van der Waals surface area contributed by atoms with Crippen LogP contribution in [0.5, 0.6) is 0 Å². The summed E-state index contributed by atoms with van der Waals surface area (Å²) in [6.07, 6.45) is 9.44. The van der Waals surface area contributed by atoms with Crippen LogP contribution in [0.4, 0.5) is 0 Å². The van der Waals surface area contributed by atoms with E-state index in [-0.39, 0.29) is 0 Å². The van der Waals surface area contributed by atoms with Crippen LogP contribution < -0.4 is 5.73 Å². The van der Waals surface area contributed by atoms with Crippen molar-refractivity contribution >= 4 is 0 Å². The number of nitrogens with two attached hydrogens (primary N) is 1. The average molecular weight is 226 g/mol. The molecule has 16 heavy (non-hydrogen) atoms. The predicted molar refractivity (Wildman–Crippen MR) is 71.6 cm³/mol. The first-order valence-electron chi connectivity index (χ1n) is 7.16. The van der Waals surface area contributed by atoms with Gasteiger partial charge in [-0.1, -0.05) is 39.5 Å². The lowest BCUT2D eigenvalue weighted by Crippen LogP contribution is -2.39. The number of hydrogen-bond acceptors (Lipinski definition) is 2. The maximum atomic E-state index is 5.89. The van der Waals surface area contributed by atoms with Crippen LogP contribution in [0, 0.1) is 5.92 Å². The fourth-order valence-corrected chi connectivity index (χ4v) is 2.42. The molecule has 1 aliphatic rings. The van der Waals surface area contributed by atoms with E-state index in [4.69, 9.17) is 5.73 Å². The molecule has 96 valence electrons. The molecule has 0 spiro atoms. The zero-order chi connectivity index (χ0) is 11.8. The van der Waals surface area contributed by atoms with Gasteiger partial charge in [0.05, 0.1) is 0 Å². The van der Waals surface area contributed by atoms with Crippen molar-refractivity contribution in [2.75, 3.05) is 19.6 Å². The van der Waals surface area contributed by atoms with Crippen molar-refractivity contribution in [3.63, 3.8) is 0 Å². The van der Waals surface area contributed by atoms with E-state index in [2.05, 4.69) is 18.7 Å². The smallest absolute Gasteiger partial charge is 0.00631 e. The molecule has 0 aromatic heterocycles. The van der Waals surface area contributed by atoms with Gasteiger partial charge in [0.15, 0.2) is 0 Å². The summed E-state index contributed by atoms with van der Waals surface area (Å²) >= 11 is 0. The van der Waals surface area contributed by atoms with Gasteiger partial charge in [0.1, 0.15) is 0 Å². The summed E-state index contributed by atoms with van der Waals surface area (Å²) in [5.41, 5.74) is 5.89. The van der Waals surface area contributed by atoms with Crippen molar-refractivity contribution in [2.45, 2.75) is 64.8 Å². The summed E-state index contributed by atoms with van der Waals surface area (Å²) in [6.45, 7) is 8.39. The molecule has 2 nitrogen and oxygen atoms in total. The molecular weight excluding hydrogens is 196 g/mol. The van der Waals surface area contributed by atoms with Crippen molar-refractivity contribution in [1.82, 2.24) is 4.90 Å². The summed E-state index contributed by atoms with van der Waals surface area (Å²) < 4.78 is 0. The quantitative estimate of drug-likeness (QED) is 0.676. The van der Waals surface area contributed by atoms with Gasteiger partial charge in [-0.05, 0) is 44.8 Å². The van der Waals surface area contributed by atoms with Gasteiger partial charge in [-0.15, -0.1) is 0 Å². The lowest BCUT2D eigenvalue weighted by atomic mass is 10.0. The molecule has 2 N–H and O–H groups in total. The highest BCUT2D eigenvalue weighted by Gasteiger charge is 2.14. The second-order valence-corrected chi connectivity index (χ2v) is 5.78. The van der Waals surface area contributed by atoms with E-state index in [1.165, 1.54) is 64.6 Å². The van der Waals surface area contributed by atoms with E-state index in [0.717, 1.165) is 5.92 Å². The molecule has 0 amide bonds. The third kappa shape index (κ3) is 6.49. The molecule has 0 radical (unpaired) electrons. The topological polar surface area (TPSA) is 29.3 Å². The van der Waals surface area contributed by atoms with Crippen molar-refractivity contribution in [3.05, 3.63) is 0 Å². The number of nitrogens with zero attached hydrogens (tertiary/aromatic N) is 1. The van der Waals surface area contributed by atoms with Gasteiger partial charge in [0.2, 0.25) is 0 Å². The molecule has 0 unspecified atom stereocenters. The maximum Gasteiger partial charge on any atom is 0.00631 e. The molecule has 1 rings (SSSR count). The fraction of sp³-hybridized carbons (Fsp3) is 1.00. The fourth-order valence-electron chi connectivity index (χ4n) is 2.42. The number of likely N-dealkylation sites (tertiary alicyclic amines) is 1. The average Bonchev–Trinajstić information content (AvgIpc) is 2.25. The highest BCUT2D eigenvalue weighted by molar-refractivity contribution is 4.73. The van der Waals surface area contributed by atoms with E-state index < -0.39 is 0 Å². The van der Waals surface area contributed by atoms with Crippen LogP contribution in [-0.2, 0) is 0 Å². The monoisotopic (exact) mass is 226 g/mol. The molecule has 0 bridgehead atoms. The van der Waals surface area contributed by atoms with E-state index in [9.17, 15) is 0 Å². The van der Waals surface area contributed by atoms with Gasteiger partial charge in [0, 0.05) is 6.04 Å². The Bertz CT molecular complexity index is 160. The summed E-state index contributed by atoms with van der Waals surface area (Å²) in [7, 11) is 0. The van der Waals surface area contributed by atoms with Crippen LogP contribution in [0.1, 0.15) is 58.8 Å². The number of hydrogen-bond donors (Lipinski definition) is 1. The summed E-state index contributed by atoms with van der Waals surface area (Å²) in [5.74, 6) is 0.878. The Morgan fingerprint density at radius 1 is 1.06 bits per heavy atom. The molecule has 1 fully saturated rings. The SMILES string of the molecule is CC(C)CCCCCCN1CCC(N)CC1. The van der Waals surface area contributed by atoms with Crippen LogP contribution in [0.2, 0.25) is 0 Å². The Morgan fingerprint density at radius 3 is 2.31 bits per heavy atom. The second-order valence-electron chi connectivity index (χ2n) is 5.78. The highest BCUT2D eigenvalue weighted by atomic mass is 15.1. The van der Waals surface area contributed by atoms with E-state index in [1.807, 2.05) is 0 Å². The van der Waals surface area contributed by atoms with Gasteiger partial charge < -0.3 is 10.6 Å². The molecule has 0 aromatic carbocycles. The first-order chi connectivity index (χ1) is 7.68. The van der Waals surface area contributed by atoms with Crippen molar-refractivity contribution < 1.29 is 0 Å². The zero-order valence-corrected chi connectivity index (χ0v) is 11.3. The van der Waals surface area contributed by atoms with Gasteiger partial charge in [-0.3, -0.25) is 0 Å². The van der Waals surface area contributed by atoms with Crippen LogP contribution >= 0.6 is 0 Å². The number of rotatable bonds is 7. The van der Waals surface area contributed by atoms with Gasteiger partial charge >= 0.3 is 0 Å². The predicted octanol–water partition coefficient (Wildman–Crippen LogP) is 3.02. The second kappa shape index (κ2) is 8.08. The Balaban J connectivity index is 1.87. The molecule has 0 saturated carbocycles. The summed E-state index contributed by atoms with van der Waals surface area (Å²) in [5, 5.41) is 0. The lowest BCUT2D eigenvalue weighted by Gasteiger charge is -2.29. The standard InChI is InChI=1S/C14H30N2/c1-13(2)7-5-3-4-6-10-16-11-8-14(15)9-12-16/h13-14H,3-12,15H2,1-2H3. The minimum atomic E-state index is 0.474. The Labute approximate surface area is 102 Å². The van der Waals surface area contributed by atoms with Crippen LogP contribution in [0.15, 0.2) is 0 Å². The first-order valence-corrected chi connectivity index (χ1v) is 7.16. The summed E-state index contributed by atoms with van der Waals surface area (Å²) in [6, 6.07) is 0.474.